The largest absolute Gasteiger partial charge is 0.353 e. The summed E-state index contributed by atoms with van der Waals surface area (Å²) in [6.07, 6.45) is 6.51. The minimum atomic E-state index is 0.152. The molecule has 1 aromatic heterocycles. The van der Waals surface area contributed by atoms with E-state index in [0.717, 1.165) is 25.1 Å². The van der Waals surface area contributed by atoms with Gasteiger partial charge in [-0.15, -0.1) is 0 Å². The second-order valence-corrected chi connectivity index (χ2v) is 5.39. The molecular formula is C16H20N4O. The molecule has 2 N–H and O–H groups in total. The smallest absolute Gasteiger partial charge is 0.221 e. The number of carbonyl (C=O) groups excluding carboxylic acids is 1. The molecule has 5 heteroatoms. The number of hydrogen-bond donors (Lipinski definition) is 2. The van der Waals surface area contributed by atoms with Crippen molar-refractivity contribution in [1.82, 2.24) is 20.4 Å². The van der Waals surface area contributed by atoms with Crippen LogP contribution in [0.25, 0.3) is 5.69 Å². The van der Waals surface area contributed by atoms with Crippen LogP contribution in [0.2, 0.25) is 0 Å². The maximum Gasteiger partial charge on any atom is 0.221 e. The van der Waals surface area contributed by atoms with E-state index < -0.39 is 0 Å². The highest BCUT2D eigenvalue weighted by Crippen LogP contribution is 2.18. The fourth-order valence-electron chi connectivity index (χ4n) is 2.15. The summed E-state index contributed by atoms with van der Waals surface area (Å²) in [6, 6.07) is 10.6. The minimum Gasteiger partial charge on any atom is -0.353 e. The highest BCUT2D eigenvalue weighted by atomic mass is 16.1. The van der Waals surface area contributed by atoms with Gasteiger partial charge in [-0.25, -0.2) is 4.68 Å². The lowest BCUT2D eigenvalue weighted by Crippen LogP contribution is -2.28. The van der Waals surface area contributed by atoms with Crippen molar-refractivity contribution in [1.29, 1.82) is 0 Å². The summed E-state index contributed by atoms with van der Waals surface area (Å²) in [6.45, 7) is 1.48. The van der Waals surface area contributed by atoms with E-state index in [1.807, 2.05) is 29.1 Å². The van der Waals surface area contributed by atoms with E-state index in [9.17, 15) is 4.79 Å². The normalized spacial score (nSPS) is 14.1. The van der Waals surface area contributed by atoms with E-state index in [2.05, 4.69) is 27.9 Å². The Balaban J connectivity index is 1.40. The van der Waals surface area contributed by atoms with Crippen LogP contribution in [0.3, 0.4) is 0 Å². The molecule has 0 atom stereocenters. The van der Waals surface area contributed by atoms with Gasteiger partial charge in [-0.3, -0.25) is 4.79 Å². The molecule has 0 saturated heterocycles. The van der Waals surface area contributed by atoms with Crippen molar-refractivity contribution >= 4 is 5.91 Å². The third-order valence-corrected chi connectivity index (χ3v) is 3.51. The molecule has 0 spiro atoms. The average molecular weight is 284 g/mol. The third-order valence-electron chi connectivity index (χ3n) is 3.51. The summed E-state index contributed by atoms with van der Waals surface area (Å²) in [5.41, 5.74) is 2.25. The van der Waals surface area contributed by atoms with E-state index >= 15 is 0 Å². The summed E-state index contributed by atoms with van der Waals surface area (Å²) >= 11 is 0. The number of hydrogen-bond acceptors (Lipinski definition) is 3. The van der Waals surface area contributed by atoms with Gasteiger partial charge in [0.25, 0.3) is 0 Å². The van der Waals surface area contributed by atoms with Crippen LogP contribution in [0.5, 0.6) is 0 Å². The fraction of sp³-hybridized carbons (Fsp3) is 0.375. The number of amides is 1. The highest BCUT2D eigenvalue weighted by Gasteiger charge is 2.22. The molecule has 1 heterocycles. The number of nitrogens with one attached hydrogen (secondary N) is 2. The molecule has 21 heavy (non-hydrogen) atoms. The maximum atomic E-state index is 11.5. The Kier molecular flexibility index (Phi) is 4.31. The lowest BCUT2D eigenvalue weighted by Gasteiger charge is -2.07. The molecule has 1 amide bonds. The summed E-state index contributed by atoms with van der Waals surface area (Å²) < 4.78 is 1.83. The van der Waals surface area contributed by atoms with Crippen molar-refractivity contribution in [2.45, 2.75) is 31.8 Å². The zero-order valence-corrected chi connectivity index (χ0v) is 12.0. The molecule has 2 aromatic rings. The summed E-state index contributed by atoms with van der Waals surface area (Å²) in [4.78, 5) is 11.5. The fourth-order valence-corrected chi connectivity index (χ4v) is 2.15. The second-order valence-electron chi connectivity index (χ2n) is 5.39. The van der Waals surface area contributed by atoms with Gasteiger partial charge in [0.05, 0.1) is 5.69 Å². The van der Waals surface area contributed by atoms with Gasteiger partial charge in [-0.2, -0.15) is 5.10 Å². The lowest BCUT2D eigenvalue weighted by atomic mass is 10.2. The molecule has 3 rings (SSSR count). The Hall–Kier alpha value is -2.14. The molecule has 110 valence electrons. The second kappa shape index (κ2) is 6.54. The molecule has 0 aliphatic heterocycles. The Morgan fingerprint density at radius 3 is 2.76 bits per heavy atom. The van der Waals surface area contributed by atoms with Crippen LogP contribution in [0.1, 0.15) is 24.8 Å². The molecule has 0 unspecified atom stereocenters. The number of aromatic nitrogens is 2. The van der Waals surface area contributed by atoms with Crippen molar-refractivity contribution in [3.8, 4) is 5.69 Å². The topological polar surface area (TPSA) is 59.0 Å². The van der Waals surface area contributed by atoms with Crippen LogP contribution in [-0.4, -0.2) is 28.3 Å². The molecule has 1 saturated carbocycles. The molecule has 1 aliphatic carbocycles. The summed E-state index contributed by atoms with van der Waals surface area (Å²) in [7, 11) is 0. The zero-order valence-electron chi connectivity index (χ0n) is 12.0. The summed E-state index contributed by atoms with van der Waals surface area (Å²) in [5.74, 6) is 0.152. The molecule has 0 bridgehead atoms. The van der Waals surface area contributed by atoms with Crippen LogP contribution in [0, 0.1) is 0 Å². The van der Waals surface area contributed by atoms with Gasteiger partial charge in [0, 0.05) is 37.9 Å². The van der Waals surface area contributed by atoms with E-state index in [4.69, 9.17) is 0 Å². The van der Waals surface area contributed by atoms with Gasteiger partial charge < -0.3 is 10.6 Å². The van der Waals surface area contributed by atoms with E-state index in [1.165, 1.54) is 5.56 Å². The van der Waals surface area contributed by atoms with E-state index in [-0.39, 0.29) is 5.91 Å². The first kappa shape index (κ1) is 13.8. The standard InChI is InChI=1S/C16H20N4O/c21-16(19-14-4-5-14)8-10-17-12-13-2-6-15(7-3-13)20-11-1-9-18-20/h1-3,6-7,9,11,14,17H,4-5,8,10,12H2,(H,19,21). The number of nitrogens with zero attached hydrogens (tertiary/aromatic N) is 2. The lowest BCUT2D eigenvalue weighted by molar-refractivity contribution is -0.121. The van der Waals surface area contributed by atoms with Crippen molar-refractivity contribution in [2.75, 3.05) is 6.54 Å². The molecule has 1 fully saturated rings. The highest BCUT2D eigenvalue weighted by molar-refractivity contribution is 5.76. The Bertz CT molecular complexity index is 573. The SMILES string of the molecule is O=C(CCNCc1ccc(-n2cccn2)cc1)NC1CC1. The Morgan fingerprint density at radius 1 is 1.29 bits per heavy atom. The van der Waals surface area contributed by atoms with Crippen LogP contribution in [0.4, 0.5) is 0 Å². The number of benzene rings is 1. The number of rotatable bonds is 7. The number of carbonyl (C=O) groups is 1. The molecule has 1 aromatic carbocycles. The van der Waals surface area contributed by atoms with Crippen LogP contribution in [0.15, 0.2) is 42.7 Å². The predicted molar refractivity (Wildman–Crippen MR) is 81.1 cm³/mol. The van der Waals surface area contributed by atoms with Gasteiger partial charge >= 0.3 is 0 Å². The minimum absolute atomic E-state index is 0.152. The predicted octanol–water partition coefficient (Wildman–Crippen LogP) is 1.63. The van der Waals surface area contributed by atoms with Gasteiger partial charge in [-0.1, -0.05) is 12.1 Å². The van der Waals surface area contributed by atoms with Crippen molar-refractivity contribution in [3.05, 3.63) is 48.3 Å². The Morgan fingerprint density at radius 2 is 2.10 bits per heavy atom. The first-order valence-corrected chi connectivity index (χ1v) is 7.40. The quantitative estimate of drug-likeness (QED) is 0.760. The monoisotopic (exact) mass is 284 g/mol. The molecule has 0 radical (unpaired) electrons. The van der Waals surface area contributed by atoms with Gasteiger partial charge in [0.15, 0.2) is 0 Å². The van der Waals surface area contributed by atoms with Gasteiger partial charge in [0.1, 0.15) is 0 Å². The van der Waals surface area contributed by atoms with Crippen molar-refractivity contribution in [2.24, 2.45) is 0 Å². The van der Waals surface area contributed by atoms with E-state index in [0.29, 0.717) is 19.0 Å². The van der Waals surface area contributed by atoms with Gasteiger partial charge in [-0.05, 0) is 36.6 Å². The summed E-state index contributed by atoms with van der Waals surface area (Å²) in [5, 5.41) is 10.5. The van der Waals surface area contributed by atoms with Crippen molar-refractivity contribution < 1.29 is 4.79 Å². The maximum absolute atomic E-state index is 11.5. The van der Waals surface area contributed by atoms with Crippen LogP contribution >= 0.6 is 0 Å². The molecule has 1 aliphatic rings. The first-order chi connectivity index (χ1) is 10.3. The van der Waals surface area contributed by atoms with Crippen LogP contribution in [-0.2, 0) is 11.3 Å². The third kappa shape index (κ3) is 4.16. The van der Waals surface area contributed by atoms with E-state index in [1.54, 1.807) is 6.20 Å². The molecule has 5 nitrogen and oxygen atoms in total. The van der Waals surface area contributed by atoms with Crippen molar-refractivity contribution in [3.63, 3.8) is 0 Å². The average Bonchev–Trinajstić information content (AvgIpc) is 3.14. The molecular weight excluding hydrogens is 264 g/mol. The first-order valence-electron chi connectivity index (χ1n) is 7.40. The van der Waals surface area contributed by atoms with Crippen LogP contribution < -0.4 is 10.6 Å². The Labute approximate surface area is 124 Å². The zero-order chi connectivity index (χ0) is 14.5. The van der Waals surface area contributed by atoms with Gasteiger partial charge in [0.2, 0.25) is 5.91 Å².